The van der Waals surface area contributed by atoms with Crippen molar-refractivity contribution in [1.29, 1.82) is 0 Å². The molecule has 3 aromatic carbocycles. The molecule has 2 heterocycles. The monoisotopic (exact) mass is 482 g/mol. The van der Waals surface area contributed by atoms with Crippen molar-refractivity contribution < 1.29 is 13.2 Å². The summed E-state index contributed by atoms with van der Waals surface area (Å²) in [6, 6.07) is 17.1. The zero-order valence-corrected chi connectivity index (χ0v) is 18.0. The molecule has 6 heteroatoms. The Morgan fingerprint density at radius 2 is 1.57 bits per heavy atom. The summed E-state index contributed by atoms with van der Waals surface area (Å²) in [4.78, 5) is 12.8. The standard InChI is InChI=1S/C24H13BrF2O2S/c1-12-10-20(28)29-22-16(12)7-8-17-21(13-2-5-15(25)6-3-13)23(30-24(17)22)14-4-9-18(26)19(27)11-14/h2-11H,1H3. The SMILES string of the molecule is Cc1cc(=O)oc2c1ccc1c(-c3ccc(Br)cc3)c(-c3ccc(F)c(F)c3)sc12. The minimum atomic E-state index is -0.904. The number of aryl methyl sites for hydroxylation is 1. The van der Waals surface area contributed by atoms with Gasteiger partial charge in [-0.15, -0.1) is 11.3 Å². The third-order valence-electron chi connectivity index (χ3n) is 5.09. The highest BCUT2D eigenvalue weighted by Gasteiger charge is 2.20. The molecule has 0 saturated carbocycles. The van der Waals surface area contributed by atoms with Crippen molar-refractivity contribution in [3.8, 4) is 21.6 Å². The first-order chi connectivity index (χ1) is 14.4. The molecule has 5 aromatic rings. The van der Waals surface area contributed by atoms with Crippen molar-refractivity contribution in [3.05, 3.63) is 92.8 Å². The van der Waals surface area contributed by atoms with E-state index in [1.165, 1.54) is 23.5 Å². The van der Waals surface area contributed by atoms with Gasteiger partial charge in [-0.05, 0) is 47.9 Å². The minimum absolute atomic E-state index is 0.416. The number of fused-ring (bicyclic) bond motifs is 3. The van der Waals surface area contributed by atoms with Gasteiger partial charge in [-0.3, -0.25) is 0 Å². The van der Waals surface area contributed by atoms with Crippen LogP contribution in [0.15, 0.2) is 74.3 Å². The lowest BCUT2D eigenvalue weighted by atomic mass is 9.98. The van der Waals surface area contributed by atoms with Gasteiger partial charge in [0.15, 0.2) is 17.2 Å². The molecule has 0 aliphatic heterocycles. The number of thiophene rings is 1. The summed E-state index contributed by atoms with van der Waals surface area (Å²) in [6.07, 6.45) is 0. The van der Waals surface area contributed by atoms with Crippen molar-refractivity contribution >= 4 is 48.3 Å². The van der Waals surface area contributed by atoms with E-state index in [1.54, 1.807) is 6.07 Å². The predicted octanol–water partition coefficient (Wildman–Crippen LogP) is 7.69. The van der Waals surface area contributed by atoms with E-state index in [0.717, 1.165) is 47.6 Å². The van der Waals surface area contributed by atoms with Crippen LogP contribution in [0.2, 0.25) is 0 Å². The molecule has 0 radical (unpaired) electrons. The van der Waals surface area contributed by atoms with Crippen molar-refractivity contribution in [2.75, 3.05) is 0 Å². The van der Waals surface area contributed by atoms with Crippen LogP contribution in [-0.4, -0.2) is 0 Å². The fourth-order valence-electron chi connectivity index (χ4n) is 3.68. The second kappa shape index (κ2) is 7.15. The van der Waals surface area contributed by atoms with Crippen molar-refractivity contribution in [2.45, 2.75) is 6.92 Å². The molecule has 0 aliphatic rings. The first kappa shape index (κ1) is 19.2. The Kier molecular flexibility index (Phi) is 4.56. The number of hydrogen-bond donors (Lipinski definition) is 0. The van der Waals surface area contributed by atoms with E-state index >= 15 is 0 Å². The van der Waals surface area contributed by atoms with E-state index in [2.05, 4.69) is 15.9 Å². The molecule has 0 amide bonds. The Morgan fingerprint density at radius 3 is 2.30 bits per heavy atom. The quantitative estimate of drug-likeness (QED) is 0.241. The van der Waals surface area contributed by atoms with Crippen LogP contribution in [0.1, 0.15) is 5.56 Å². The van der Waals surface area contributed by atoms with Gasteiger partial charge in [0.05, 0.1) is 4.70 Å². The fourth-order valence-corrected chi connectivity index (χ4v) is 5.24. The average molecular weight is 483 g/mol. The molecule has 0 N–H and O–H groups in total. The molecule has 148 valence electrons. The fraction of sp³-hybridized carbons (Fsp3) is 0.0417. The molecule has 0 atom stereocenters. The average Bonchev–Trinajstić information content (AvgIpc) is 3.10. The molecule has 2 aromatic heterocycles. The summed E-state index contributed by atoms with van der Waals surface area (Å²) in [6.45, 7) is 1.87. The van der Waals surface area contributed by atoms with Gasteiger partial charge in [-0.25, -0.2) is 13.6 Å². The summed E-state index contributed by atoms with van der Waals surface area (Å²) in [5.74, 6) is -1.80. The van der Waals surface area contributed by atoms with Gasteiger partial charge in [-0.2, -0.15) is 0 Å². The summed E-state index contributed by atoms with van der Waals surface area (Å²) in [5, 5.41) is 1.74. The molecule has 30 heavy (non-hydrogen) atoms. The zero-order valence-electron chi connectivity index (χ0n) is 15.6. The molecule has 0 unspecified atom stereocenters. The van der Waals surface area contributed by atoms with E-state index in [9.17, 15) is 13.6 Å². The van der Waals surface area contributed by atoms with Crippen LogP contribution < -0.4 is 5.63 Å². The normalized spacial score (nSPS) is 11.5. The van der Waals surface area contributed by atoms with Crippen LogP contribution in [0.25, 0.3) is 42.6 Å². The molecule has 0 spiro atoms. The summed E-state index contributed by atoms with van der Waals surface area (Å²) in [5.41, 5.74) is 3.31. The second-order valence-corrected chi connectivity index (χ2v) is 8.95. The molecule has 5 rings (SSSR count). The van der Waals surface area contributed by atoms with E-state index in [1.807, 2.05) is 43.3 Å². The highest BCUT2D eigenvalue weighted by molar-refractivity contribution is 9.10. The molecule has 0 fully saturated rings. The molecule has 0 aliphatic carbocycles. The van der Waals surface area contributed by atoms with E-state index in [4.69, 9.17) is 4.42 Å². The van der Waals surface area contributed by atoms with Gasteiger partial charge in [0, 0.05) is 31.8 Å². The van der Waals surface area contributed by atoms with Crippen molar-refractivity contribution in [2.24, 2.45) is 0 Å². The topological polar surface area (TPSA) is 30.2 Å². The van der Waals surface area contributed by atoms with Gasteiger partial charge in [0.1, 0.15) is 0 Å². The lowest BCUT2D eigenvalue weighted by Gasteiger charge is -2.07. The zero-order chi connectivity index (χ0) is 21.0. The van der Waals surface area contributed by atoms with Gasteiger partial charge < -0.3 is 4.42 Å². The van der Waals surface area contributed by atoms with Crippen LogP contribution in [0.4, 0.5) is 8.78 Å². The predicted molar refractivity (Wildman–Crippen MR) is 121 cm³/mol. The summed E-state index contributed by atoms with van der Waals surface area (Å²) in [7, 11) is 0. The van der Waals surface area contributed by atoms with Gasteiger partial charge in [0.25, 0.3) is 0 Å². The van der Waals surface area contributed by atoms with E-state index < -0.39 is 17.3 Å². The van der Waals surface area contributed by atoms with Crippen LogP contribution in [0, 0.1) is 18.6 Å². The molecule has 0 bridgehead atoms. The first-order valence-corrected chi connectivity index (χ1v) is 10.7. The molecular formula is C24H13BrF2O2S. The van der Waals surface area contributed by atoms with E-state index in [-0.39, 0.29) is 0 Å². The molecular weight excluding hydrogens is 470 g/mol. The number of halogens is 3. The maximum Gasteiger partial charge on any atom is 0.336 e. The van der Waals surface area contributed by atoms with Crippen LogP contribution in [0.3, 0.4) is 0 Å². The van der Waals surface area contributed by atoms with Gasteiger partial charge >= 0.3 is 5.63 Å². The Labute approximate surface area is 182 Å². The maximum atomic E-state index is 14.0. The maximum absolute atomic E-state index is 14.0. The number of benzene rings is 3. The van der Waals surface area contributed by atoms with Gasteiger partial charge in [0.2, 0.25) is 0 Å². The van der Waals surface area contributed by atoms with Crippen molar-refractivity contribution in [3.63, 3.8) is 0 Å². The summed E-state index contributed by atoms with van der Waals surface area (Å²) < 4.78 is 34.9. The first-order valence-electron chi connectivity index (χ1n) is 9.14. The smallest absolute Gasteiger partial charge is 0.336 e. The van der Waals surface area contributed by atoms with Crippen LogP contribution in [-0.2, 0) is 0 Å². The second-order valence-electron chi connectivity index (χ2n) is 7.01. The largest absolute Gasteiger partial charge is 0.421 e. The lowest BCUT2D eigenvalue weighted by Crippen LogP contribution is -1.97. The third-order valence-corrected chi connectivity index (χ3v) is 6.87. The Balaban J connectivity index is 1.92. The van der Waals surface area contributed by atoms with Gasteiger partial charge in [-0.1, -0.05) is 46.3 Å². The Hall–Kier alpha value is -2.83. The Bertz CT molecular complexity index is 1500. The molecule has 2 nitrogen and oxygen atoms in total. The van der Waals surface area contributed by atoms with E-state index in [0.29, 0.717) is 11.1 Å². The van der Waals surface area contributed by atoms with Crippen LogP contribution >= 0.6 is 27.3 Å². The number of hydrogen-bond acceptors (Lipinski definition) is 3. The van der Waals surface area contributed by atoms with Crippen molar-refractivity contribution in [1.82, 2.24) is 0 Å². The Morgan fingerprint density at radius 1 is 0.867 bits per heavy atom. The third kappa shape index (κ3) is 3.07. The minimum Gasteiger partial charge on any atom is -0.421 e. The highest BCUT2D eigenvalue weighted by Crippen LogP contribution is 2.47. The number of rotatable bonds is 2. The lowest BCUT2D eigenvalue weighted by molar-refractivity contribution is 0.509. The summed E-state index contributed by atoms with van der Waals surface area (Å²) >= 11 is 4.85. The highest BCUT2D eigenvalue weighted by atomic mass is 79.9. The molecule has 0 saturated heterocycles. The van der Waals surface area contributed by atoms with Crippen LogP contribution in [0.5, 0.6) is 0 Å².